The lowest BCUT2D eigenvalue weighted by molar-refractivity contribution is -0.117. The number of para-hydroxylation sites is 3. The van der Waals surface area contributed by atoms with Gasteiger partial charge in [0.05, 0.1) is 11.0 Å². The lowest BCUT2D eigenvalue weighted by atomic mass is 10.1. The van der Waals surface area contributed by atoms with Crippen molar-refractivity contribution in [1.82, 2.24) is 9.55 Å². The van der Waals surface area contributed by atoms with Crippen LogP contribution in [0.15, 0.2) is 54.6 Å². The molecule has 3 aromatic rings. The number of benzene rings is 2. The molecular weight excluding hydrogens is 370 g/mol. The highest BCUT2D eigenvalue weighted by Gasteiger charge is 2.34. The number of hydrogen-bond donors (Lipinski definition) is 0. The van der Waals surface area contributed by atoms with E-state index in [1.54, 1.807) is 0 Å². The van der Waals surface area contributed by atoms with Crippen LogP contribution in [0.2, 0.25) is 0 Å². The topological polar surface area (TPSA) is 38.1 Å². The van der Waals surface area contributed by atoms with E-state index in [0.717, 1.165) is 23.6 Å². The summed E-state index contributed by atoms with van der Waals surface area (Å²) in [5.74, 6) is 1.42. The summed E-state index contributed by atoms with van der Waals surface area (Å²) in [5.41, 5.74) is 3.23. The Morgan fingerprint density at radius 1 is 0.900 bits per heavy atom. The predicted molar refractivity (Wildman–Crippen MR) is 124 cm³/mol. The molecule has 0 radical (unpaired) electrons. The summed E-state index contributed by atoms with van der Waals surface area (Å²) in [6, 6.07) is 18.4. The van der Waals surface area contributed by atoms with Gasteiger partial charge in [-0.05, 0) is 30.7 Å². The summed E-state index contributed by atoms with van der Waals surface area (Å²) in [6.45, 7) is 3.96. The van der Waals surface area contributed by atoms with Crippen molar-refractivity contribution in [3.05, 3.63) is 60.4 Å². The van der Waals surface area contributed by atoms with Gasteiger partial charge in [0, 0.05) is 31.1 Å². The van der Waals surface area contributed by atoms with Gasteiger partial charge >= 0.3 is 0 Å². The first-order chi connectivity index (χ1) is 14.8. The van der Waals surface area contributed by atoms with Gasteiger partial charge in [0.15, 0.2) is 0 Å². The molecule has 0 saturated carbocycles. The van der Waals surface area contributed by atoms with Gasteiger partial charge < -0.3 is 9.47 Å². The third kappa shape index (κ3) is 4.58. The number of carbonyl (C=O) groups excluding carboxylic acids is 1. The number of nitrogens with zero attached hydrogens (tertiary/aromatic N) is 3. The van der Waals surface area contributed by atoms with E-state index in [2.05, 4.69) is 29.7 Å². The Morgan fingerprint density at radius 2 is 1.60 bits per heavy atom. The molecule has 158 valence electrons. The molecule has 1 atom stereocenters. The number of aryl methyl sites for hydroxylation is 1. The van der Waals surface area contributed by atoms with Crippen LogP contribution in [0.25, 0.3) is 11.0 Å². The first-order valence-corrected chi connectivity index (χ1v) is 11.6. The van der Waals surface area contributed by atoms with E-state index in [9.17, 15) is 4.79 Å². The average molecular weight is 404 g/mol. The zero-order chi connectivity index (χ0) is 20.8. The van der Waals surface area contributed by atoms with Crippen LogP contribution < -0.4 is 4.90 Å². The SMILES string of the molecule is CCCCCCCCCn1c(C2CC(=O)N(c3ccccc3)C2)nc2ccccc21. The summed E-state index contributed by atoms with van der Waals surface area (Å²) in [6.07, 6.45) is 9.62. The minimum Gasteiger partial charge on any atom is -0.328 e. The number of imidazole rings is 1. The minimum absolute atomic E-state index is 0.148. The van der Waals surface area contributed by atoms with Crippen molar-refractivity contribution in [2.24, 2.45) is 0 Å². The van der Waals surface area contributed by atoms with Gasteiger partial charge in [-0.2, -0.15) is 0 Å². The quantitative estimate of drug-likeness (QED) is 0.372. The predicted octanol–water partition coefficient (Wildman–Crippen LogP) is 6.31. The highest BCUT2D eigenvalue weighted by atomic mass is 16.2. The Morgan fingerprint density at radius 3 is 2.40 bits per heavy atom. The molecule has 0 spiro atoms. The summed E-state index contributed by atoms with van der Waals surface area (Å²) in [7, 11) is 0. The fourth-order valence-corrected chi connectivity index (χ4v) is 4.61. The van der Waals surface area contributed by atoms with Crippen LogP contribution in [0.4, 0.5) is 5.69 Å². The van der Waals surface area contributed by atoms with Crippen LogP contribution in [0.1, 0.15) is 70.0 Å². The van der Waals surface area contributed by atoms with Crippen LogP contribution in [0.5, 0.6) is 0 Å². The minimum atomic E-state index is 0.148. The number of aromatic nitrogens is 2. The zero-order valence-electron chi connectivity index (χ0n) is 18.1. The summed E-state index contributed by atoms with van der Waals surface area (Å²) >= 11 is 0. The Kier molecular flexibility index (Phi) is 6.83. The van der Waals surface area contributed by atoms with Crippen molar-refractivity contribution in [2.45, 2.75) is 70.8 Å². The number of hydrogen-bond acceptors (Lipinski definition) is 2. The number of anilines is 1. The summed E-state index contributed by atoms with van der Waals surface area (Å²) in [4.78, 5) is 19.7. The third-order valence-corrected chi connectivity index (χ3v) is 6.23. The van der Waals surface area contributed by atoms with Gasteiger partial charge in [-0.1, -0.05) is 75.8 Å². The normalized spacial score (nSPS) is 16.6. The maximum atomic E-state index is 12.8. The van der Waals surface area contributed by atoms with Crippen molar-refractivity contribution < 1.29 is 4.79 Å². The highest BCUT2D eigenvalue weighted by Crippen LogP contribution is 2.33. The van der Waals surface area contributed by atoms with Gasteiger partial charge in [-0.3, -0.25) is 4.79 Å². The van der Waals surface area contributed by atoms with E-state index in [0.29, 0.717) is 13.0 Å². The molecule has 1 aromatic heterocycles. The van der Waals surface area contributed by atoms with Crippen molar-refractivity contribution in [2.75, 3.05) is 11.4 Å². The van der Waals surface area contributed by atoms with E-state index < -0.39 is 0 Å². The first-order valence-electron chi connectivity index (χ1n) is 11.6. The molecule has 2 heterocycles. The molecule has 1 aliphatic rings. The van der Waals surface area contributed by atoms with E-state index >= 15 is 0 Å². The fourth-order valence-electron chi connectivity index (χ4n) is 4.61. The Labute approximate surface area is 179 Å². The van der Waals surface area contributed by atoms with Crippen molar-refractivity contribution >= 4 is 22.6 Å². The number of carbonyl (C=O) groups is 1. The molecular formula is C26H33N3O. The van der Waals surface area contributed by atoms with Gasteiger partial charge in [0.25, 0.3) is 0 Å². The Bertz CT molecular complexity index is 963. The Hall–Kier alpha value is -2.62. The van der Waals surface area contributed by atoms with E-state index in [1.165, 1.54) is 50.5 Å². The monoisotopic (exact) mass is 403 g/mol. The van der Waals surface area contributed by atoms with E-state index in [-0.39, 0.29) is 11.8 Å². The molecule has 0 bridgehead atoms. The van der Waals surface area contributed by atoms with E-state index in [4.69, 9.17) is 4.98 Å². The van der Waals surface area contributed by atoms with Crippen LogP contribution in [-0.4, -0.2) is 22.0 Å². The van der Waals surface area contributed by atoms with Crippen LogP contribution in [0.3, 0.4) is 0 Å². The summed E-state index contributed by atoms with van der Waals surface area (Å²) in [5, 5.41) is 0. The lowest BCUT2D eigenvalue weighted by Gasteiger charge is -2.17. The number of fused-ring (bicyclic) bond motifs is 1. The molecule has 4 heteroatoms. The third-order valence-electron chi connectivity index (χ3n) is 6.23. The second-order valence-corrected chi connectivity index (χ2v) is 8.47. The lowest BCUT2D eigenvalue weighted by Crippen LogP contribution is -2.24. The van der Waals surface area contributed by atoms with Gasteiger partial charge in [0.2, 0.25) is 5.91 Å². The molecule has 30 heavy (non-hydrogen) atoms. The first kappa shape index (κ1) is 20.6. The number of amides is 1. The summed E-state index contributed by atoms with van der Waals surface area (Å²) < 4.78 is 2.38. The number of rotatable bonds is 10. The van der Waals surface area contributed by atoms with Crippen molar-refractivity contribution in [3.63, 3.8) is 0 Å². The van der Waals surface area contributed by atoms with Crippen LogP contribution in [-0.2, 0) is 11.3 Å². The number of unbranched alkanes of at least 4 members (excludes halogenated alkanes) is 6. The second kappa shape index (κ2) is 9.92. The molecule has 1 aliphatic heterocycles. The van der Waals surface area contributed by atoms with Crippen LogP contribution >= 0.6 is 0 Å². The Balaban J connectivity index is 1.48. The van der Waals surface area contributed by atoms with Crippen LogP contribution in [0, 0.1) is 0 Å². The molecule has 4 rings (SSSR count). The largest absolute Gasteiger partial charge is 0.328 e. The maximum absolute atomic E-state index is 12.8. The molecule has 1 fully saturated rings. The fraction of sp³-hybridized carbons (Fsp3) is 0.462. The molecule has 2 aromatic carbocycles. The second-order valence-electron chi connectivity index (χ2n) is 8.47. The molecule has 1 saturated heterocycles. The molecule has 0 aliphatic carbocycles. The standard InChI is InChI=1S/C26H33N3O/c1-2-3-4-5-6-7-13-18-28-24-17-12-11-16-23(24)27-26(28)21-19-25(30)29(20-21)22-14-9-8-10-15-22/h8-12,14-17,21H,2-7,13,18-20H2,1H3. The average Bonchev–Trinajstić information content (AvgIpc) is 3.34. The highest BCUT2D eigenvalue weighted by molar-refractivity contribution is 5.96. The van der Waals surface area contributed by atoms with Gasteiger partial charge in [-0.25, -0.2) is 4.98 Å². The molecule has 1 unspecified atom stereocenters. The molecule has 1 amide bonds. The maximum Gasteiger partial charge on any atom is 0.227 e. The van der Waals surface area contributed by atoms with Crippen molar-refractivity contribution in [3.8, 4) is 0 Å². The van der Waals surface area contributed by atoms with E-state index in [1.807, 2.05) is 41.3 Å². The van der Waals surface area contributed by atoms with Gasteiger partial charge in [-0.15, -0.1) is 0 Å². The molecule has 0 N–H and O–H groups in total. The molecule has 4 nitrogen and oxygen atoms in total. The van der Waals surface area contributed by atoms with Crippen molar-refractivity contribution in [1.29, 1.82) is 0 Å². The van der Waals surface area contributed by atoms with Gasteiger partial charge in [0.1, 0.15) is 5.82 Å². The zero-order valence-corrected chi connectivity index (χ0v) is 18.1. The smallest absolute Gasteiger partial charge is 0.227 e.